The van der Waals surface area contributed by atoms with Crippen LogP contribution in [0.5, 0.6) is 5.75 Å². The Labute approximate surface area is 92.6 Å². The van der Waals surface area contributed by atoms with Gasteiger partial charge in [0, 0.05) is 0 Å². The van der Waals surface area contributed by atoms with Crippen molar-refractivity contribution in [3.63, 3.8) is 0 Å². The van der Waals surface area contributed by atoms with Crippen LogP contribution in [0.25, 0.3) is 0 Å². The lowest BCUT2D eigenvalue weighted by atomic mass is 10.3. The van der Waals surface area contributed by atoms with E-state index in [1.807, 2.05) is 0 Å². The zero-order chi connectivity index (χ0) is 11.1. The van der Waals surface area contributed by atoms with Gasteiger partial charge in [0.1, 0.15) is 5.75 Å². The second kappa shape index (κ2) is 3.66. The molecule has 0 aliphatic heterocycles. The number of aromatic nitrogens is 1. The number of nitrogens with zero attached hydrogens (tertiary/aromatic N) is 1. The standard InChI is InChI=1S/C9H7BrF3NO/c10-7-3-6(15-5-1-2-5)4-14-8(7)9(11,12)13/h3-5H,1-2H2. The van der Waals surface area contributed by atoms with Gasteiger partial charge in [-0.15, -0.1) is 0 Å². The number of halogens is 4. The van der Waals surface area contributed by atoms with Crippen molar-refractivity contribution >= 4 is 15.9 Å². The fourth-order valence-electron chi connectivity index (χ4n) is 1.07. The molecule has 0 unspecified atom stereocenters. The van der Waals surface area contributed by atoms with Crippen molar-refractivity contribution in [2.24, 2.45) is 0 Å². The van der Waals surface area contributed by atoms with Crippen LogP contribution in [-0.2, 0) is 6.18 Å². The van der Waals surface area contributed by atoms with Crippen LogP contribution < -0.4 is 4.74 Å². The maximum atomic E-state index is 12.3. The molecule has 0 amide bonds. The van der Waals surface area contributed by atoms with Gasteiger partial charge < -0.3 is 4.74 Å². The van der Waals surface area contributed by atoms with E-state index >= 15 is 0 Å². The Kier molecular flexibility index (Phi) is 2.62. The van der Waals surface area contributed by atoms with E-state index in [-0.39, 0.29) is 10.6 Å². The normalized spacial score (nSPS) is 16.5. The van der Waals surface area contributed by atoms with Crippen LogP contribution in [0.4, 0.5) is 13.2 Å². The summed E-state index contributed by atoms with van der Waals surface area (Å²) in [5.74, 6) is 0.373. The quantitative estimate of drug-likeness (QED) is 0.829. The van der Waals surface area contributed by atoms with Gasteiger partial charge in [-0.25, -0.2) is 4.98 Å². The summed E-state index contributed by atoms with van der Waals surface area (Å²) in [6, 6.07) is 1.30. The zero-order valence-electron chi connectivity index (χ0n) is 7.51. The van der Waals surface area contributed by atoms with Crippen molar-refractivity contribution < 1.29 is 17.9 Å². The van der Waals surface area contributed by atoms with E-state index in [2.05, 4.69) is 20.9 Å². The molecule has 0 aromatic carbocycles. The number of rotatable bonds is 2. The van der Waals surface area contributed by atoms with E-state index in [0.29, 0.717) is 5.75 Å². The third-order valence-electron chi connectivity index (χ3n) is 1.91. The maximum Gasteiger partial charge on any atom is 0.434 e. The second-order valence-electron chi connectivity index (χ2n) is 3.32. The summed E-state index contributed by atoms with van der Waals surface area (Å²) in [5, 5.41) is 0. The van der Waals surface area contributed by atoms with Crippen LogP contribution in [-0.4, -0.2) is 11.1 Å². The molecule has 1 fully saturated rings. The highest BCUT2D eigenvalue weighted by Crippen LogP contribution is 2.35. The second-order valence-corrected chi connectivity index (χ2v) is 4.17. The highest BCUT2D eigenvalue weighted by molar-refractivity contribution is 9.10. The van der Waals surface area contributed by atoms with Crippen LogP contribution in [0, 0.1) is 0 Å². The first-order chi connectivity index (χ1) is 6.97. The minimum atomic E-state index is -4.43. The first kappa shape index (κ1) is 10.7. The maximum absolute atomic E-state index is 12.3. The van der Waals surface area contributed by atoms with E-state index in [1.54, 1.807) is 0 Å². The number of alkyl halides is 3. The van der Waals surface area contributed by atoms with E-state index in [1.165, 1.54) is 6.07 Å². The minimum Gasteiger partial charge on any atom is -0.489 e. The Morgan fingerprint density at radius 1 is 1.40 bits per heavy atom. The third-order valence-corrected chi connectivity index (χ3v) is 2.52. The number of ether oxygens (including phenoxy) is 1. The summed E-state index contributed by atoms with van der Waals surface area (Å²) >= 11 is 2.83. The van der Waals surface area contributed by atoms with Crippen molar-refractivity contribution in [1.29, 1.82) is 0 Å². The lowest BCUT2D eigenvalue weighted by Crippen LogP contribution is -2.09. The van der Waals surface area contributed by atoms with Gasteiger partial charge in [-0.1, -0.05) is 0 Å². The van der Waals surface area contributed by atoms with Crippen LogP contribution in [0.15, 0.2) is 16.7 Å². The van der Waals surface area contributed by atoms with Crippen LogP contribution in [0.2, 0.25) is 0 Å². The monoisotopic (exact) mass is 281 g/mol. The lowest BCUT2D eigenvalue weighted by Gasteiger charge is -2.09. The Bertz CT molecular complexity index is 376. The molecule has 1 aromatic rings. The van der Waals surface area contributed by atoms with Gasteiger partial charge in [-0.05, 0) is 34.8 Å². The summed E-state index contributed by atoms with van der Waals surface area (Å²) in [4.78, 5) is 3.33. The molecule has 15 heavy (non-hydrogen) atoms. The predicted octanol–water partition coefficient (Wildman–Crippen LogP) is 3.40. The van der Waals surface area contributed by atoms with Gasteiger partial charge in [0.15, 0.2) is 5.69 Å². The van der Waals surface area contributed by atoms with Crippen molar-refractivity contribution in [2.45, 2.75) is 25.1 Å². The highest BCUT2D eigenvalue weighted by atomic mass is 79.9. The molecule has 1 saturated carbocycles. The summed E-state index contributed by atoms with van der Waals surface area (Å²) in [5.41, 5.74) is -0.925. The molecule has 1 aromatic heterocycles. The molecule has 0 saturated heterocycles. The zero-order valence-corrected chi connectivity index (χ0v) is 9.10. The van der Waals surface area contributed by atoms with Crippen LogP contribution in [0.3, 0.4) is 0 Å². The number of hydrogen-bond acceptors (Lipinski definition) is 2. The molecule has 2 nitrogen and oxygen atoms in total. The molecular formula is C9H7BrF3NO. The Hall–Kier alpha value is -0.780. The number of hydrogen-bond donors (Lipinski definition) is 0. The van der Waals surface area contributed by atoms with Gasteiger partial charge in [-0.3, -0.25) is 0 Å². The third kappa shape index (κ3) is 2.62. The number of pyridine rings is 1. The first-order valence-electron chi connectivity index (χ1n) is 4.36. The van der Waals surface area contributed by atoms with Gasteiger partial charge >= 0.3 is 6.18 Å². The minimum absolute atomic E-state index is 0.0897. The fraction of sp³-hybridized carbons (Fsp3) is 0.444. The van der Waals surface area contributed by atoms with Crippen molar-refractivity contribution in [3.05, 3.63) is 22.4 Å². The van der Waals surface area contributed by atoms with Gasteiger partial charge in [0.05, 0.1) is 16.8 Å². The molecule has 0 atom stereocenters. The summed E-state index contributed by atoms with van der Waals surface area (Å²) < 4.78 is 42.2. The van der Waals surface area contributed by atoms with Gasteiger partial charge in [-0.2, -0.15) is 13.2 Å². The summed E-state index contributed by atoms with van der Waals surface area (Å²) in [7, 11) is 0. The van der Waals surface area contributed by atoms with Crippen LogP contribution >= 0.6 is 15.9 Å². The highest BCUT2D eigenvalue weighted by Gasteiger charge is 2.35. The van der Waals surface area contributed by atoms with Gasteiger partial charge in [0.2, 0.25) is 0 Å². The molecule has 1 aliphatic rings. The molecule has 1 aliphatic carbocycles. The van der Waals surface area contributed by atoms with Crippen LogP contribution in [0.1, 0.15) is 18.5 Å². The average molecular weight is 282 g/mol. The Morgan fingerprint density at radius 3 is 2.53 bits per heavy atom. The predicted molar refractivity (Wildman–Crippen MR) is 50.6 cm³/mol. The Morgan fingerprint density at radius 2 is 2.07 bits per heavy atom. The SMILES string of the molecule is FC(F)(F)c1ncc(OC2CC2)cc1Br. The molecule has 0 spiro atoms. The fourth-order valence-corrected chi connectivity index (χ4v) is 1.62. The van der Waals surface area contributed by atoms with Gasteiger partial charge in [0.25, 0.3) is 0 Å². The topological polar surface area (TPSA) is 22.1 Å². The first-order valence-corrected chi connectivity index (χ1v) is 5.15. The summed E-state index contributed by atoms with van der Waals surface area (Å²) in [6.45, 7) is 0. The average Bonchev–Trinajstić information content (AvgIpc) is 2.85. The van der Waals surface area contributed by atoms with E-state index in [0.717, 1.165) is 19.0 Å². The largest absolute Gasteiger partial charge is 0.489 e. The molecule has 82 valence electrons. The molecule has 1 heterocycles. The molecule has 0 radical (unpaired) electrons. The van der Waals surface area contributed by atoms with E-state index < -0.39 is 11.9 Å². The molecule has 0 N–H and O–H groups in total. The molecule has 2 rings (SSSR count). The van der Waals surface area contributed by atoms with E-state index in [4.69, 9.17) is 4.74 Å². The van der Waals surface area contributed by atoms with Crippen molar-refractivity contribution in [3.8, 4) is 5.75 Å². The van der Waals surface area contributed by atoms with Crippen molar-refractivity contribution in [1.82, 2.24) is 4.98 Å². The summed E-state index contributed by atoms with van der Waals surface area (Å²) in [6.07, 6.45) is -1.27. The lowest BCUT2D eigenvalue weighted by molar-refractivity contribution is -0.141. The Balaban J connectivity index is 2.21. The molecular weight excluding hydrogens is 275 g/mol. The smallest absolute Gasteiger partial charge is 0.434 e. The van der Waals surface area contributed by atoms with E-state index in [9.17, 15) is 13.2 Å². The molecule has 6 heteroatoms. The molecule has 0 bridgehead atoms. The van der Waals surface area contributed by atoms with Crippen molar-refractivity contribution in [2.75, 3.05) is 0 Å².